The summed E-state index contributed by atoms with van der Waals surface area (Å²) in [5.74, 6) is -2.02. The minimum atomic E-state index is -1.09. The zero-order chi connectivity index (χ0) is 16.7. The van der Waals surface area contributed by atoms with Gasteiger partial charge in [0.25, 0.3) is 0 Å². The van der Waals surface area contributed by atoms with Crippen molar-refractivity contribution < 1.29 is 14.7 Å². The van der Waals surface area contributed by atoms with E-state index in [2.05, 4.69) is 37.2 Å². The highest BCUT2D eigenvalue weighted by Crippen LogP contribution is 2.29. The SMILES string of the molecule is O=C1NCCNCCNCCNC(=O)C1c1cc(Br)ccc1O. The van der Waals surface area contributed by atoms with Gasteiger partial charge in [-0.1, -0.05) is 15.9 Å². The van der Waals surface area contributed by atoms with E-state index in [4.69, 9.17) is 0 Å². The minimum Gasteiger partial charge on any atom is -0.508 e. The summed E-state index contributed by atoms with van der Waals surface area (Å²) in [6.07, 6.45) is 0. The van der Waals surface area contributed by atoms with Gasteiger partial charge in [0.2, 0.25) is 11.8 Å². The molecule has 2 rings (SSSR count). The van der Waals surface area contributed by atoms with Crippen molar-refractivity contribution in [3.63, 3.8) is 0 Å². The Morgan fingerprint density at radius 2 is 1.43 bits per heavy atom. The molecule has 0 unspecified atom stereocenters. The number of halogens is 1. The first-order chi connectivity index (χ1) is 11.1. The summed E-state index contributed by atoms with van der Waals surface area (Å²) in [6, 6.07) is 4.71. The second kappa shape index (κ2) is 8.85. The molecule has 1 heterocycles. The molecular weight excluding hydrogens is 364 g/mol. The van der Waals surface area contributed by atoms with Crippen LogP contribution in [-0.2, 0) is 9.59 Å². The fraction of sp³-hybridized carbons (Fsp3) is 0.467. The van der Waals surface area contributed by atoms with Crippen LogP contribution in [-0.4, -0.2) is 56.2 Å². The van der Waals surface area contributed by atoms with Crippen LogP contribution in [0.2, 0.25) is 0 Å². The van der Waals surface area contributed by atoms with Crippen molar-refractivity contribution in [3.8, 4) is 5.75 Å². The Morgan fingerprint density at radius 3 is 2.00 bits per heavy atom. The average molecular weight is 385 g/mol. The zero-order valence-electron chi connectivity index (χ0n) is 12.7. The first-order valence-electron chi connectivity index (χ1n) is 7.55. The summed E-state index contributed by atoms with van der Waals surface area (Å²) < 4.78 is 0.692. The predicted octanol–water partition coefficient (Wildman–Crippen LogP) is -0.336. The number of hydrogen-bond acceptors (Lipinski definition) is 5. The van der Waals surface area contributed by atoms with Crippen LogP contribution < -0.4 is 21.3 Å². The highest BCUT2D eigenvalue weighted by Gasteiger charge is 2.30. The summed E-state index contributed by atoms with van der Waals surface area (Å²) in [4.78, 5) is 24.9. The number of aromatic hydroxyl groups is 1. The van der Waals surface area contributed by atoms with Crippen molar-refractivity contribution in [2.75, 3.05) is 39.3 Å². The van der Waals surface area contributed by atoms with Gasteiger partial charge < -0.3 is 26.4 Å². The van der Waals surface area contributed by atoms with Gasteiger partial charge >= 0.3 is 0 Å². The molecule has 0 saturated carbocycles. The molecule has 0 aromatic heterocycles. The summed E-state index contributed by atoms with van der Waals surface area (Å²) in [5.41, 5.74) is 0.283. The summed E-state index contributed by atoms with van der Waals surface area (Å²) in [5, 5.41) is 21.9. The van der Waals surface area contributed by atoms with E-state index in [0.29, 0.717) is 30.7 Å². The van der Waals surface area contributed by atoms with E-state index in [1.807, 2.05) is 0 Å². The number of phenolic OH excluding ortho intramolecular Hbond substituents is 1. The molecule has 5 N–H and O–H groups in total. The molecule has 8 heteroatoms. The lowest BCUT2D eigenvalue weighted by atomic mass is 9.96. The van der Waals surface area contributed by atoms with E-state index in [1.165, 1.54) is 6.07 Å². The fourth-order valence-electron chi connectivity index (χ4n) is 2.34. The summed E-state index contributed by atoms with van der Waals surface area (Å²) in [6.45, 7) is 3.65. The van der Waals surface area contributed by atoms with Gasteiger partial charge in [-0.15, -0.1) is 0 Å². The van der Waals surface area contributed by atoms with Crippen LogP contribution in [0.15, 0.2) is 22.7 Å². The van der Waals surface area contributed by atoms with Gasteiger partial charge in [0.05, 0.1) is 0 Å². The quantitative estimate of drug-likeness (QED) is 0.426. The number of nitrogens with one attached hydrogen (secondary N) is 4. The maximum absolute atomic E-state index is 12.4. The van der Waals surface area contributed by atoms with Gasteiger partial charge in [0.1, 0.15) is 11.7 Å². The van der Waals surface area contributed by atoms with Gasteiger partial charge in [-0.2, -0.15) is 0 Å². The Balaban J connectivity index is 2.23. The average Bonchev–Trinajstić information content (AvgIpc) is 2.53. The molecule has 1 fully saturated rings. The second-order valence-corrected chi connectivity index (χ2v) is 6.13. The third-order valence-corrected chi connectivity index (χ3v) is 4.00. The molecular formula is C15H21BrN4O3. The minimum absolute atomic E-state index is 0.0796. The van der Waals surface area contributed by atoms with Crippen molar-refractivity contribution in [3.05, 3.63) is 28.2 Å². The van der Waals surface area contributed by atoms with Crippen molar-refractivity contribution in [1.82, 2.24) is 21.3 Å². The van der Waals surface area contributed by atoms with E-state index in [0.717, 1.165) is 13.1 Å². The van der Waals surface area contributed by atoms with E-state index in [9.17, 15) is 14.7 Å². The molecule has 1 aliphatic rings. The van der Waals surface area contributed by atoms with Crippen LogP contribution in [0.4, 0.5) is 0 Å². The first kappa shape index (κ1) is 17.7. The largest absolute Gasteiger partial charge is 0.508 e. The Hall–Kier alpha value is -1.64. The van der Waals surface area contributed by atoms with E-state index in [1.54, 1.807) is 12.1 Å². The molecule has 0 atom stereocenters. The number of rotatable bonds is 1. The molecule has 1 saturated heterocycles. The van der Waals surface area contributed by atoms with Gasteiger partial charge in [0.15, 0.2) is 0 Å². The fourth-order valence-corrected chi connectivity index (χ4v) is 2.72. The molecule has 2 amide bonds. The van der Waals surface area contributed by atoms with Gasteiger partial charge in [0, 0.05) is 49.3 Å². The number of phenols is 1. The van der Waals surface area contributed by atoms with Crippen LogP contribution in [0.3, 0.4) is 0 Å². The first-order valence-corrected chi connectivity index (χ1v) is 8.34. The molecule has 7 nitrogen and oxygen atoms in total. The molecule has 1 aromatic rings. The second-order valence-electron chi connectivity index (χ2n) is 5.22. The third-order valence-electron chi connectivity index (χ3n) is 3.51. The smallest absolute Gasteiger partial charge is 0.237 e. The van der Waals surface area contributed by atoms with E-state index < -0.39 is 17.7 Å². The molecule has 1 aromatic carbocycles. The highest BCUT2D eigenvalue weighted by molar-refractivity contribution is 9.10. The Labute approximate surface area is 143 Å². The Bertz CT molecular complexity index is 544. The lowest BCUT2D eigenvalue weighted by Crippen LogP contribution is -2.42. The maximum atomic E-state index is 12.4. The topological polar surface area (TPSA) is 102 Å². The van der Waals surface area contributed by atoms with Gasteiger partial charge in [-0.05, 0) is 18.2 Å². The lowest BCUT2D eigenvalue weighted by Gasteiger charge is -2.18. The Morgan fingerprint density at radius 1 is 0.913 bits per heavy atom. The number of carbonyl (C=O) groups is 2. The molecule has 126 valence electrons. The molecule has 0 spiro atoms. The van der Waals surface area contributed by atoms with Crippen molar-refractivity contribution in [2.45, 2.75) is 5.92 Å². The number of hydrogen-bond donors (Lipinski definition) is 5. The van der Waals surface area contributed by atoms with Crippen LogP contribution in [0.25, 0.3) is 0 Å². The molecule has 0 radical (unpaired) electrons. The monoisotopic (exact) mass is 384 g/mol. The Kier molecular flexibility index (Phi) is 6.82. The van der Waals surface area contributed by atoms with E-state index >= 15 is 0 Å². The van der Waals surface area contributed by atoms with Crippen molar-refractivity contribution in [1.29, 1.82) is 0 Å². The molecule has 23 heavy (non-hydrogen) atoms. The summed E-state index contributed by atoms with van der Waals surface area (Å²) in [7, 11) is 0. The highest BCUT2D eigenvalue weighted by atomic mass is 79.9. The van der Waals surface area contributed by atoms with Crippen LogP contribution in [0, 0.1) is 0 Å². The van der Waals surface area contributed by atoms with Crippen LogP contribution >= 0.6 is 15.9 Å². The molecule has 0 bridgehead atoms. The van der Waals surface area contributed by atoms with E-state index in [-0.39, 0.29) is 11.3 Å². The maximum Gasteiger partial charge on any atom is 0.237 e. The zero-order valence-corrected chi connectivity index (χ0v) is 14.3. The van der Waals surface area contributed by atoms with Gasteiger partial charge in [-0.3, -0.25) is 9.59 Å². The lowest BCUT2D eigenvalue weighted by molar-refractivity contribution is -0.131. The van der Waals surface area contributed by atoms with Crippen molar-refractivity contribution in [2.24, 2.45) is 0 Å². The van der Waals surface area contributed by atoms with Crippen LogP contribution in [0.5, 0.6) is 5.75 Å². The predicted molar refractivity (Wildman–Crippen MR) is 90.3 cm³/mol. The third kappa shape index (κ3) is 5.19. The number of benzene rings is 1. The van der Waals surface area contributed by atoms with Crippen LogP contribution in [0.1, 0.15) is 11.5 Å². The number of carbonyl (C=O) groups excluding carboxylic acids is 2. The standard InChI is InChI=1S/C15H21BrN4O3/c16-10-1-2-12(21)11(9-10)13-14(22)19-7-5-17-3-4-18-6-8-20-15(13)23/h1-2,9,13,17-18,21H,3-8H2,(H,19,22)(H,20,23). The van der Waals surface area contributed by atoms with Gasteiger partial charge in [-0.25, -0.2) is 0 Å². The number of amides is 2. The summed E-state index contributed by atoms with van der Waals surface area (Å²) >= 11 is 3.30. The molecule has 1 aliphatic heterocycles. The van der Waals surface area contributed by atoms with Crippen molar-refractivity contribution >= 4 is 27.7 Å². The molecule has 0 aliphatic carbocycles. The normalized spacial score (nSPS) is 19.0.